The lowest BCUT2D eigenvalue weighted by Crippen LogP contribution is -2.32. The number of hydrogen-bond acceptors (Lipinski definition) is 2. The Balaban J connectivity index is 3.86. The summed E-state index contributed by atoms with van der Waals surface area (Å²) in [6, 6.07) is 0. The Morgan fingerprint density at radius 2 is 1.67 bits per heavy atom. The highest BCUT2D eigenvalue weighted by atomic mass is 79.9. The summed E-state index contributed by atoms with van der Waals surface area (Å²) in [6.45, 7) is 6.70. The third-order valence-electron chi connectivity index (χ3n) is 2.93. The van der Waals surface area contributed by atoms with Gasteiger partial charge in [0.1, 0.15) is 0 Å². The minimum absolute atomic E-state index is 0.299. The predicted octanol–water partition coefficient (Wildman–Crippen LogP) is 3.47. The van der Waals surface area contributed by atoms with Gasteiger partial charge >= 0.3 is 0 Å². The van der Waals surface area contributed by atoms with Gasteiger partial charge in [-0.05, 0) is 17.8 Å². The van der Waals surface area contributed by atoms with E-state index in [2.05, 4.69) is 45.7 Å². The fraction of sp³-hybridized carbons (Fsp3) is 1.00. The van der Waals surface area contributed by atoms with E-state index in [1.54, 1.807) is 7.11 Å². The third-order valence-corrected chi connectivity index (χ3v) is 5.17. The van der Waals surface area contributed by atoms with Crippen molar-refractivity contribution in [2.75, 3.05) is 37.6 Å². The molecule has 92 valence electrons. The molecule has 0 aromatic heterocycles. The van der Waals surface area contributed by atoms with Gasteiger partial charge in [0.05, 0.1) is 13.2 Å². The van der Waals surface area contributed by atoms with Crippen LogP contribution in [-0.4, -0.2) is 37.6 Å². The molecule has 0 amide bonds. The monoisotopic (exact) mass is 344 g/mol. The van der Waals surface area contributed by atoms with Crippen molar-refractivity contribution in [2.45, 2.75) is 20.3 Å². The van der Waals surface area contributed by atoms with Crippen molar-refractivity contribution in [1.82, 2.24) is 0 Å². The lowest BCUT2D eigenvalue weighted by molar-refractivity contribution is 0.0509. The normalized spacial score (nSPS) is 12.4. The molecule has 0 rings (SSSR count). The van der Waals surface area contributed by atoms with Gasteiger partial charge in [0, 0.05) is 24.4 Å². The molecule has 0 fully saturated rings. The Labute approximate surface area is 110 Å². The van der Waals surface area contributed by atoms with E-state index in [0.29, 0.717) is 24.5 Å². The van der Waals surface area contributed by atoms with Crippen LogP contribution in [0.15, 0.2) is 0 Å². The Hall–Kier alpha value is 0.880. The molecule has 0 heterocycles. The fourth-order valence-electron chi connectivity index (χ4n) is 1.29. The quantitative estimate of drug-likeness (QED) is 0.470. The molecule has 0 aromatic carbocycles. The second-order valence-electron chi connectivity index (χ2n) is 4.14. The van der Waals surface area contributed by atoms with Crippen LogP contribution in [0.1, 0.15) is 20.3 Å². The first-order valence-corrected chi connectivity index (χ1v) is 7.56. The van der Waals surface area contributed by atoms with Crippen molar-refractivity contribution < 1.29 is 9.47 Å². The molecule has 0 bridgehead atoms. The molecule has 0 N–H and O–H groups in total. The molecule has 0 saturated carbocycles. The van der Waals surface area contributed by atoms with Gasteiger partial charge in [-0.3, -0.25) is 0 Å². The van der Waals surface area contributed by atoms with Gasteiger partial charge in [-0.1, -0.05) is 45.7 Å². The number of alkyl halides is 2. The summed E-state index contributed by atoms with van der Waals surface area (Å²) in [5, 5.41) is 2.02. The number of rotatable bonds is 9. The standard InChI is InChI=1S/C11H22Br2O2/c1-10(2)11(8-12,9-13)4-5-15-7-6-14-3/h10H,4-9H2,1-3H3. The Morgan fingerprint density at radius 3 is 2.07 bits per heavy atom. The van der Waals surface area contributed by atoms with Gasteiger partial charge in [-0.25, -0.2) is 0 Å². The van der Waals surface area contributed by atoms with Gasteiger partial charge in [-0.15, -0.1) is 0 Å². The van der Waals surface area contributed by atoms with E-state index in [9.17, 15) is 0 Å². The van der Waals surface area contributed by atoms with E-state index in [-0.39, 0.29) is 0 Å². The van der Waals surface area contributed by atoms with Crippen LogP contribution in [0.2, 0.25) is 0 Å². The molecule has 0 spiro atoms. The zero-order valence-corrected chi connectivity index (χ0v) is 13.1. The molecule has 0 saturated heterocycles. The average Bonchev–Trinajstić information content (AvgIpc) is 2.23. The fourth-order valence-corrected chi connectivity index (χ4v) is 4.07. The van der Waals surface area contributed by atoms with Crippen LogP contribution in [-0.2, 0) is 9.47 Å². The highest BCUT2D eigenvalue weighted by Crippen LogP contribution is 2.35. The molecule has 0 unspecified atom stereocenters. The summed E-state index contributed by atoms with van der Waals surface area (Å²) in [4.78, 5) is 0. The second kappa shape index (κ2) is 8.97. The summed E-state index contributed by atoms with van der Waals surface area (Å²) in [7, 11) is 1.69. The van der Waals surface area contributed by atoms with Gasteiger partial charge in [-0.2, -0.15) is 0 Å². The molecular formula is C11H22Br2O2. The molecule has 0 aliphatic carbocycles. The molecular weight excluding hydrogens is 324 g/mol. The maximum Gasteiger partial charge on any atom is 0.0700 e. The van der Waals surface area contributed by atoms with E-state index >= 15 is 0 Å². The molecule has 2 nitrogen and oxygen atoms in total. The minimum atomic E-state index is 0.299. The van der Waals surface area contributed by atoms with Crippen LogP contribution in [0.5, 0.6) is 0 Å². The van der Waals surface area contributed by atoms with Crippen LogP contribution in [0, 0.1) is 11.3 Å². The van der Waals surface area contributed by atoms with E-state index in [1.165, 1.54) is 0 Å². The van der Waals surface area contributed by atoms with Crippen LogP contribution in [0.4, 0.5) is 0 Å². The molecule has 0 atom stereocenters. The average molecular weight is 346 g/mol. The molecule has 0 aromatic rings. The van der Waals surface area contributed by atoms with Gasteiger partial charge in [0.2, 0.25) is 0 Å². The van der Waals surface area contributed by atoms with Crippen molar-refractivity contribution in [3.8, 4) is 0 Å². The van der Waals surface area contributed by atoms with E-state index in [1.807, 2.05) is 0 Å². The molecule has 15 heavy (non-hydrogen) atoms. The van der Waals surface area contributed by atoms with Gasteiger partial charge in [0.15, 0.2) is 0 Å². The van der Waals surface area contributed by atoms with Crippen LogP contribution >= 0.6 is 31.9 Å². The first kappa shape index (κ1) is 15.9. The zero-order valence-electron chi connectivity index (χ0n) is 9.89. The maximum absolute atomic E-state index is 5.52. The topological polar surface area (TPSA) is 18.5 Å². The molecule has 0 aliphatic heterocycles. The summed E-state index contributed by atoms with van der Waals surface area (Å²) in [6.07, 6.45) is 1.07. The highest BCUT2D eigenvalue weighted by molar-refractivity contribution is 9.09. The number of hydrogen-bond donors (Lipinski definition) is 0. The Kier molecular flexibility index (Phi) is 9.49. The first-order chi connectivity index (χ1) is 7.13. The van der Waals surface area contributed by atoms with Crippen molar-refractivity contribution in [2.24, 2.45) is 11.3 Å². The lowest BCUT2D eigenvalue weighted by atomic mass is 9.78. The molecule has 4 heteroatoms. The number of halogens is 2. The van der Waals surface area contributed by atoms with Crippen LogP contribution < -0.4 is 0 Å². The summed E-state index contributed by atoms with van der Waals surface area (Å²) >= 11 is 7.21. The molecule has 0 radical (unpaired) electrons. The van der Waals surface area contributed by atoms with Gasteiger partial charge in [0.25, 0.3) is 0 Å². The highest BCUT2D eigenvalue weighted by Gasteiger charge is 2.31. The van der Waals surface area contributed by atoms with Crippen LogP contribution in [0.25, 0.3) is 0 Å². The summed E-state index contributed by atoms with van der Waals surface area (Å²) in [5.41, 5.74) is 0.299. The van der Waals surface area contributed by atoms with Crippen molar-refractivity contribution >= 4 is 31.9 Å². The van der Waals surface area contributed by atoms with Crippen molar-refractivity contribution in [3.63, 3.8) is 0 Å². The van der Waals surface area contributed by atoms with Crippen molar-refractivity contribution in [1.29, 1.82) is 0 Å². The second-order valence-corrected chi connectivity index (χ2v) is 5.26. The Bertz CT molecular complexity index is 148. The minimum Gasteiger partial charge on any atom is -0.382 e. The lowest BCUT2D eigenvalue weighted by Gasteiger charge is -2.34. The van der Waals surface area contributed by atoms with Crippen LogP contribution in [0.3, 0.4) is 0 Å². The van der Waals surface area contributed by atoms with E-state index in [0.717, 1.165) is 23.7 Å². The largest absolute Gasteiger partial charge is 0.382 e. The summed E-state index contributed by atoms with van der Waals surface area (Å²) in [5.74, 6) is 0.641. The predicted molar refractivity (Wildman–Crippen MR) is 72.2 cm³/mol. The Morgan fingerprint density at radius 1 is 1.07 bits per heavy atom. The maximum atomic E-state index is 5.52. The molecule has 0 aliphatic rings. The van der Waals surface area contributed by atoms with E-state index < -0.39 is 0 Å². The number of ether oxygens (including phenoxy) is 2. The number of methoxy groups -OCH3 is 1. The van der Waals surface area contributed by atoms with Crippen molar-refractivity contribution in [3.05, 3.63) is 0 Å². The third kappa shape index (κ3) is 5.66. The summed E-state index contributed by atoms with van der Waals surface area (Å²) < 4.78 is 10.4. The smallest absolute Gasteiger partial charge is 0.0700 e. The SMILES string of the molecule is COCCOCCC(CBr)(CBr)C(C)C. The zero-order chi connectivity index (χ0) is 11.7. The van der Waals surface area contributed by atoms with E-state index in [4.69, 9.17) is 9.47 Å². The first-order valence-electron chi connectivity index (χ1n) is 5.31. The van der Waals surface area contributed by atoms with Gasteiger partial charge < -0.3 is 9.47 Å².